The third-order valence-electron chi connectivity index (χ3n) is 5.07. The summed E-state index contributed by atoms with van der Waals surface area (Å²) in [6, 6.07) is 14.9. The van der Waals surface area contributed by atoms with Gasteiger partial charge in [0, 0.05) is 44.2 Å². The van der Waals surface area contributed by atoms with Crippen molar-refractivity contribution < 1.29 is 4.74 Å². The van der Waals surface area contributed by atoms with Crippen LogP contribution in [0.5, 0.6) is 0 Å². The molecule has 0 spiro atoms. The van der Waals surface area contributed by atoms with Gasteiger partial charge in [0.05, 0.1) is 12.6 Å². The van der Waals surface area contributed by atoms with Crippen molar-refractivity contribution in [3.8, 4) is 0 Å². The molecule has 0 aliphatic carbocycles. The van der Waals surface area contributed by atoms with E-state index in [9.17, 15) is 0 Å². The molecule has 1 aliphatic heterocycles. The molecule has 30 heavy (non-hydrogen) atoms. The largest absolute Gasteiger partial charge is 0.378 e. The Labute approximate surface area is 202 Å². The first-order chi connectivity index (χ1) is 14.3. The van der Waals surface area contributed by atoms with Crippen LogP contribution in [-0.4, -0.2) is 49.7 Å². The zero-order chi connectivity index (χ0) is 20.2. The SMILES string of the molecule is CCNC(=NCc1cccs1)NCCCOC1CCN(Cc2ccccc2)CC1.I. The maximum Gasteiger partial charge on any atom is 0.191 e. The summed E-state index contributed by atoms with van der Waals surface area (Å²) in [5.74, 6) is 0.884. The monoisotopic (exact) mass is 542 g/mol. The van der Waals surface area contributed by atoms with Crippen molar-refractivity contribution in [3.05, 3.63) is 58.3 Å². The van der Waals surface area contributed by atoms with Crippen molar-refractivity contribution in [2.75, 3.05) is 32.8 Å². The fraction of sp³-hybridized carbons (Fsp3) is 0.522. The van der Waals surface area contributed by atoms with Crippen LogP contribution in [0.4, 0.5) is 0 Å². The van der Waals surface area contributed by atoms with E-state index in [2.05, 4.69) is 75.3 Å². The smallest absolute Gasteiger partial charge is 0.191 e. The lowest BCUT2D eigenvalue weighted by atomic mass is 10.1. The van der Waals surface area contributed by atoms with Crippen LogP contribution in [0.15, 0.2) is 52.8 Å². The molecule has 1 aliphatic rings. The van der Waals surface area contributed by atoms with Gasteiger partial charge in [0.25, 0.3) is 0 Å². The molecule has 0 radical (unpaired) electrons. The molecule has 166 valence electrons. The van der Waals surface area contributed by atoms with Crippen LogP contribution < -0.4 is 10.6 Å². The molecule has 0 unspecified atom stereocenters. The lowest BCUT2D eigenvalue weighted by Gasteiger charge is -2.32. The molecular formula is C23H35IN4OS. The number of thiophene rings is 1. The molecule has 3 rings (SSSR count). The van der Waals surface area contributed by atoms with Gasteiger partial charge in [0.2, 0.25) is 0 Å². The molecule has 2 heterocycles. The molecule has 1 aromatic carbocycles. The molecule has 1 fully saturated rings. The number of nitrogens with one attached hydrogen (secondary N) is 2. The molecule has 5 nitrogen and oxygen atoms in total. The van der Waals surface area contributed by atoms with E-state index in [0.29, 0.717) is 6.10 Å². The molecule has 0 bridgehead atoms. The number of nitrogens with zero attached hydrogens (tertiary/aromatic N) is 2. The Bertz CT molecular complexity index is 703. The molecule has 0 saturated carbocycles. The second-order valence-corrected chi connectivity index (χ2v) is 8.42. The molecule has 0 atom stereocenters. The number of benzene rings is 1. The first-order valence-corrected chi connectivity index (χ1v) is 11.6. The zero-order valence-electron chi connectivity index (χ0n) is 17.9. The van der Waals surface area contributed by atoms with Crippen LogP contribution >= 0.6 is 35.3 Å². The Hall–Kier alpha value is -1.16. The van der Waals surface area contributed by atoms with Gasteiger partial charge in [0.15, 0.2) is 5.96 Å². The third kappa shape index (κ3) is 9.32. The van der Waals surface area contributed by atoms with E-state index in [0.717, 1.165) is 71.1 Å². The number of guanidine groups is 1. The number of aliphatic imine (C=N–C) groups is 1. The minimum atomic E-state index is 0. The van der Waals surface area contributed by atoms with Crippen molar-refractivity contribution in [2.45, 2.75) is 45.4 Å². The van der Waals surface area contributed by atoms with Gasteiger partial charge in [-0.3, -0.25) is 4.90 Å². The maximum atomic E-state index is 6.12. The molecule has 7 heteroatoms. The number of ether oxygens (including phenoxy) is 1. The average Bonchev–Trinajstić information content (AvgIpc) is 3.27. The standard InChI is InChI=1S/C23H34N4OS.HI/c1-2-24-23(26-18-22-10-6-17-29-22)25-13-7-16-28-21-11-14-27(15-12-21)19-20-8-4-3-5-9-20;/h3-6,8-10,17,21H,2,7,11-16,18-19H2,1H3,(H2,24,25,26);1H. The van der Waals surface area contributed by atoms with Crippen LogP contribution in [0.1, 0.15) is 36.6 Å². The summed E-state index contributed by atoms with van der Waals surface area (Å²) >= 11 is 1.75. The Morgan fingerprint density at radius 1 is 1.13 bits per heavy atom. The first-order valence-electron chi connectivity index (χ1n) is 10.8. The van der Waals surface area contributed by atoms with Crippen molar-refractivity contribution >= 4 is 41.3 Å². The van der Waals surface area contributed by atoms with Gasteiger partial charge in [-0.2, -0.15) is 0 Å². The number of halogens is 1. The van der Waals surface area contributed by atoms with Crippen LogP contribution in [0.25, 0.3) is 0 Å². The zero-order valence-corrected chi connectivity index (χ0v) is 21.0. The van der Waals surface area contributed by atoms with E-state index >= 15 is 0 Å². The van der Waals surface area contributed by atoms with Crippen LogP contribution in [0.3, 0.4) is 0 Å². The number of likely N-dealkylation sites (tertiary alicyclic amines) is 1. The van der Waals surface area contributed by atoms with E-state index in [-0.39, 0.29) is 24.0 Å². The van der Waals surface area contributed by atoms with E-state index in [1.54, 1.807) is 11.3 Å². The quantitative estimate of drug-likeness (QED) is 0.201. The van der Waals surface area contributed by atoms with Crippen molar-refractivity contribution in [1.82, 2.24) is 15.5 Å². The van der Waals surface area contributed by atoms with Crippen LogP contribution in [-0.2, 0) is 17.8 Å². The third-order valence-corrected chi connectivity index (χ3v) is 5.93. The van der Waals surface area contributed by atoms with Gasteiger partial charge >= 0.3 is 0 Å². The summed E-state index contributed by atoms with van der Waals surface area (Å²) in [5.41, 5.74) is 1.40. The number of rotatable bonds is 10. The van der Waals surface area contributed by atoms with Gasteiger partial charge in [-0.15, -0.1) is 35.3 Å². The highest BCUT2D eigenvalue weighted by Crippen LogP contribution is 2.16. The van der Waals surface area contributed by atoms with Gasteiger partial charge in [-0.25, -0.2) is 4.99 Å². The second kappa shape index (κ2) is 14.8. The molecule has 1 aromatic heterocycles. The number of piperidine rings is 1. The van der Waals surface area contributed by atoms with Gasteiger partial charge in [-0.05, 0) is 43.2 Å². The van der Waals surface area contributed by atoms with Gasteiger partial charge in [0.1, 0.15) is 0 Å². The summed E-state index contributed by atoms with van der Waals surface area (Å²) in [4.78, 5) is 8.46. The predicted molar refractivity (Wildman–Crippen MR) is 138 cm³/mol. The fourth-order valence-electron chi connectivity index (χ4n) is 3.51. The van der Waals surface area contributed by atoms with E-state index < -0.39 is 0 Å². The topological polar surface area (TPSA) is 48.9 Å². The predicted octanol–water partition coefficient (Wildman–Crippen LogP) is 4.49. The van der Waals surface area contributed by atoms with Crippen LogP contribution in [0, 0.1) is 0 Å². The highest BCUT2D eigenvalue weighted by atomic mass is 127. The van der Waals surface area contributed by atoms with Crippen LogP contribution in [0.2, 0.25) is 0 Å². The Kier molecular flexibility index (Phi) is 12.4. The molecule has 1 saturated heterocycles. The van der Waals surface area contributed by atoms with Crippen molar-refractivity contribution in [2.24, 2.45) is 4.99 Å². The normalized spacial score (nSPS) is 15.6. The maximum absolute atomic E-state index is 6.12. The molecule has 0 amide bonds. The Balaban J connectivity index is 0.00000320. The summed E-state index contributed by atoms with van der Waals surface area (Å²) in [5, 5.41) is 8.81. The van der Waals surface area contributed by atoms with E-state index in [1.807, 2.05) is 0 Å². The highest BCUT2D eigenvalue weighted by molar-refractivity contribution is 14.0. The highest BCUT2D eigenvalue weighted by Gasteiger charge is 2.19. The lowest BCUT2D eigenvalue weighted by molar-refractivity contribution is 0.00534. The minimum Gasteiger partial charge on any atom is -0.378 e. The Morgan fingerprint density at radius 3 is 2.63 bits per heavy atom. The van der Waals surface area contributed by atoms with E-state index in [4.69, 9.17) is 4.74 Å². The van der Waals surface area contributed by atoms with Gasteiger partial charge in [-0.1, -0.05) is 36.4 Å². The number of hydrogen-bond donors (Lipinski definition) is 2. The minimum absolute atomic E-state index is 0. The molecular weight excluding hydrogens is 507 g/mol. The fourth-order valence-corrected chi connectivity index (χ4v) is 4.13. The summed E-state index contributed by atoms with van der Waals surface area (Å²) in [7, 11) is 0. The van der Waals surface area contributed by atoms with Crippen molar-refractivity contribution in [1.29, 1.82) is 0 Å². The average molecular weight is 543 g/mol. The summed E-state index contributed by atoms with van der Waals surface area (Å²) in [6.07, 6.45) is 3.66. The number of hydrogen-bond acceptors (Lipinski definition) is 4. The summed E-state index contributed by atoms with van der Waals surface area (Å²) in [6.45, 7) is 8.67. The Morgan fingerprint density at radius 2 is 1.93 bits per heavy atom. The molecule has 2 aromatic rings. The summed E-state index contributed by atoms with van der Waals surface area (Å²) < 4.78 is 6.12. The van der Waals surface area contributed by atoms with Crippen molar-refractivity contribution in [3.63, 3.8) is 0 Å². The molecule has 2 N–H and O–H groups in total. The second-order valence-electron chi connectivity index (χ2n) is 7.39. The lowest BCUT2D eigenvalue weighted by Crippen LogP contribution is -2.38. The van der Waals surface area contributed by atoms with E-state index in [1.165, 1.54) is 10.4 Å². The van der Waals surface area contributed by atoms with Gasteiger partial charge < -0.3 is 15.4 Å². The first kappa shape index (κ1) is 25.1.